The van der Waals surface area contributed by atoms with E-state index < -0.39 is 11.5 Å². The van der Waals surface area contributed by atoms with Crippen molar-refractivity contribution < 1.29 is 14.6 Å². The van der Waals surface area contributed by atoms with Crippen molar-refractivity contribution in [3.05, 3.63) is 0 Å². The van der Waals surface area contributed by atoms with Gasteiger partial charge in [-0.25, -0.2) is 0 Å². The summed E-state index contributed by atoms with van der Waals surface area (Å²) >= 11 is 0. The maximum Gasteiger partial charge on any atom is 0.227 e. The molecule has 0 aromatic rings. The van der Waals surface area contributed by atoms with Crippen LogP contribution in [0.4, 0.5) is 0 Å². The highest BCUT2D eigenvalue weighted by atomic mass is 16.5. The summed E-state index contributed by atoms with van der Waals surface area (Å²) in [6.45, 7) is 3.69. The molecular weight excluding hydrogens is 208 g/mol. The molecule has 1 atom stereocenters. The molecule has 0 radical (unpaired) electrons. The van der Waals surface area contributed by atoms with Gasteiger partial charge in [0.1, 0.15) is 0 Å². The van der Waals surface area contributed by atoms with Crippen molar-refractivity contribution in [2.75, 3.05) is 26.3 Å². The van der Waals surface area contributed by atoms with E-state index in [0.717, 1.165) is 0 Å². The lowest BCUT2D eigenvalue weighted by Crippen LogP contribution is -2.50. The summed E-state index contributed by atoms with van der Waals surface area (Å²) in [7, 11) is 0. The Morgan fingerprint density at radius 2 is 2.19 bits per heavy atom. The first-order chi connectivity index (χ1) is 7.64. The van der Waals surface area contributed by atoms with Gasteiger partial charge in [0, 0.05) is 26.3 Å². The maximum absolute atomic E-state index is 12.0. The molecule has 0 bridgehead atoms. The number of carbonyl (C=O) groups excluding carboxylic acids is 1. The Morgan fingerprint density at radius 1 is 1.56 bits per heavy atom. The summed E-state index contributed by atoms with van der Waals surface area (Å²) in [5.74, 6) is -0.0502. The van der Waals surface area contributed by atoms with E-state index in [2.05, 4.69) is 5.32 Å². The van der Waals surface area contributed by atoms with E-state index in [-0.39, 0.29) is 5.91 Å². The van der Waals surface area contributed by atoms with Crippen molar-refractivity contribution in [3.8, 4) is 0 Å². The second kappa shape index (κ2) is 6.18. The third-order valence-corrected chi connectivity index (χ3v) is 3.29. The van der Waals surface area contributed by atoms with Gasteiger partial charge < -0.3 is 20.9 Å². The molecule has 0 aromatic carbocycles. The highest BCUT2D eigenvalue weighted by molar-refractivity contribution is 5.83. The number of hydrogen-bond acceptors (Lipinski definition) is 4. The number of amides is 1. The largest absolute Gasteiger partial charge is 0.391 e. The van der Waals surface area contributed by atoms with Gasteiger partial charge in [0.2, 0.25) is 5.91 Å². The Balaban J connectivity index is 2.48. The van der Waals surface area contributed by atoms with Crippen molar-refractivity contribution >= 4 is 5.91 Å². The third kappa shape index (κ3) is 3.17. The Bertz CT molecular complexity index is 227. The van der Waals surface area contributed by atoms with Crippen molar-refractivity contribution in [1.82, 2.24) is 5.32 Å². The van der Waals surface area contributed by atoms with Crippen LogP contribution < -0.4 is 11.1 Å². The molecule has 5 heteroatoms. The van der Waals surface area contributed by atoms with Gasteiger partial charge in [-0.15, -0.1) is 0 Å². The van der Waals surface area contributed by atoms with Crippen LogP contribution in [0.1, 0.15) is 26.2 Å². The van der Waals surface area contributed by atoms with Crippen molar-refractivity contribution in [2.45, 2.75) is 32.3 Å². The molecule has 1 fully saturated rings. The summed E-state index contributed by atoms with van der Waals surface area (Å²) in [5, 5.41) is 12.2. The zero-order valence-corrected chi connectivity index (χ0v) is 9.87. The molecule has 4 N–H and O–H groups in total. The monoisotopic (exact) mass is 230 g/mol. The number of nitrogens with one attached hydrogen (secondary N) is 1. The Morgan fingerprint density at radius 3 is 2.69 bits per heavy atom. The minimum Gasteiger partial charge on any atom is -0.391 e. The second-order valence-electron chi connectivity index (χ2n) is 4.37. The third-order valence-electron chi connectivity index (χ3n) is 3.29. The van der Waals surface area contributed by atoms with Gasteiger partial charge in [-0.05, 0) is 19.3 Å². The van der Waals surface area contributed by atoms with Gasteiger partial charge in [-0.1, -0.05) is 6.92 Å². The summed E-state index contributed by atoms with van der Waals surface area (Å²) in [6.07, 6.45) is 1.49. The molecule has 94 valence electrons. The molecule has 1 saturated heterocycles. The maximum atomic E-state index is 12.0. The van der Waals surface area contributed by atoms with E-state index in [0.29, 0.717) is 45.6 Å². The zero-order chi connectivity index (χ0) is 12.0. The molecule has 0 aromatic heterocycles. The fraction of sp³-hybridized carbons (Fsp3) is 0.909. The molecule has 0 spiro atoms. The normalized spacial score (nSPS) is 21.4. The molecule has 1 unspecified atom stereocenters. The topological polar surface area (TPSA) is 84.6 Å². The highest BCUT2D eigenvalue weighted by Gasteiger charge is 2.38. The molecule has 1 aliphatic rings. The van der Waals surface area contributed by atoms with Crippen LogP contribution in [0.5, 0.6) is 0 Å². The molecule has 0 aliphatic carbocycles. The van der Waals surface area contributed by atoms with E-state index in [1.807, 2.05) is 6.92 Å². The number of nitrogens with two attached hydrogens (primary N) is 1. The minimum absolute atomic E-state index is 0.0502. The predicted octanol–water partition coefficient (Wildman–Crippen LogP) is -0.371. The van der Waals surface area contributed by atoms with E-state index in [1.54, 1.807) is 0 Å². The predicted molar refractivity (Wildman–Crippen MR) is 60.8 cm³/mol. The SMILES string of the molecule is CCC(O)CNC(=O)C1(CN)CCOCC1. The number of rotatable bonds is 5. The smallest absolute Gasteiger partial charge is 0.227 e. The summed E-state index contributed by atoms with van der Waals surface area (Å²) in [5.41, 5.74) is 5.20. The summed E-state index contributed by atoms with van der Waals surface area (Å²) in [4.78, 5) is 12.0. The van der Waals surface area contributed by atoms with Gasteiger partial charge >= 0.3 is 0 Å². The first-order valence-corrected chi connectivity index (χ1v) is 5.89. The average Bonchev–Trinajstić information content (AvgIpc) is 2.36. The molecule has 5 nitrogen and oxygen atoms in total. The van der Waals surface area contributed by atoms with Gasteiger partial charge in [0.05, 0.1) is 11.5 Å². The van der Waals surface area contributed by atoms with Crippen LogP contribution in [0.25, 0.3) is 0 Å². The first-order valence-electron chi connectivity index (χ1n) is 5.89. The molecule has 0 saturated carbocycles. The lowest BCUT2D eigenvalue weighted by atomic mass is 9.79. The van der Waals surface area contributed by atoms with Crippen LogP contribution in [0.2, 0.25) is 0 Å². The standard InChI is InChI=1S/C11H22N2O3/c1-2-9(14)7-13-10(15)11(8-12)3-5-16-6-4-11/h9,14H,2-8,12H2,1H3,(H,13,15). The molecule has 16 heavy (non-hydrogen) atoms. The number of aliphatic hydroxyl groups excluding tert-OH is 1. The van der Waals surface area contributed by atoms with E-state index >= 15 is 0 Å². The lowest BCUT2D eigenvalue weighted by molar-refractivity contribution is -0.136. The quantitative estimate of drug-likeness (QED) is 0.601. The fourth-order valence-electron chi connectivity index (χ4n) is 1.83. The Labute approximate surface area is 96.3 Å². The van der Waals surface area contributed by atoms with Crippen molar-refractivity contribution in [2.24, 2.45) is 11.1 Å². The average molecular weight is 230 g/mol. The van der Waals surface area contributed by atoms with Crippen LogP contribution in [0, 0.1) is 5.41 Å². The summed E-state index contributed by atoms with van der Waals surface area (Å²) in [6, 6.07) is 0. The Hall–Kier alpha value is -0.650. The van der Waals surface area contributed by atoms with Gasteiger partial charge in [-0.3, -0.25) is 4.79 Å². The van der Waals surface area contributed by atoms with Crippen LogP contribution in [-0.4, -0.2) is 43.4 Å². The number of carbonyl (C=O) groups is 1. The van der Waals surface area contributed by atoms with Gasteiger partial charge in [0.25, 0.3) is 0 Å². The fourth-order valence-corrected chi connectivity index (χ4v) is 1.83. The molecular formula is C11H22N2O3. The minimum atomic E-state index is -0.494. The Kier molecular flexibility index (Phi) is 5.18. The van der Waals surface area contributed by atoms with Crippen LogP contribution in [0.3, 0.4) is 0 Å². The zero-order valence-electron chi connectivity index (χ0n) is 9.87. The molecule has 1 amide bonds. The number of hydrogen-bond donors (Lipinski definition) is 3. The highest BCUT2D eigenvalue weighted by Crippen LogP contribution is 2.29. The van der Waals surface area contributed by atoms with Gasteiger partial charge in [0.15, 0.2) is 0 Å². The van der Waals surface area contributed by atoms with Crippen molar-refractivity contribution in [1.29, 1.82) is 0 Å². The number of aliphatic hydroxyl groups is 1. The van der Waals surface area contributed by atoms with E-state index in [4.69, 9.17) is 10.5 Å². The molecule has 1 heterocycles. The van der Waals surface area contributed by atoms with E-state index in [9.17, 15) is 9.90 Å². The molecule has 1 aliphatic heterocycles. The first kappa shape index (κ1) is 13.4. The van der Waals surface area contributed by atoms with Crippen molar-refractivity contribution in [3.63, 3.8) is 0 Å². The van der Waals surface area contributed by atoms with Crippen LogP contribution >= 0.6 is 0 Å². The lowest BCUT2D eigenvalue weighted by Gasteiger charge is -2.34. The van der Waals surface area contributed by atoms with Crippen LogP contribution in [-0.2, 0) is 9.53 Å². The number of ether oxygens (including phenoxy) is 1. The summed E-state index contributed by atoms with van der Waals surface area (Å²) < 4.78 is 5.24. The van der Waals surface area contributed by atoms with Gasteiger partial charge in [-0.2, -0.15) is 0 Å². The second-order valence-corrected chi connectivity index (χ2v) is 4.37. The van der Waals surface area contributed by atoms with Crippen LogP contribution in [0.15, 0.2) is 0 Å². The van der Waals surface area contributed by atoms with E-state index in [1.165, 1.54) is 0 Å². The molecule has 1 rings (SSSR count).